The van der Waals surface area contributed by atoms with Gasteiger partial charge in [-0.15, -0.1) is 0 Å². The van der Waals surface area contributed by atoms with Crippen molar-refractivity contribution in [2.45, 2.75) is 45.6 Å². The van der Waals surface area contributed by atoms with Crippen molar-refractivity contribution >= 4 is 23.5 Å². The first-order valence-electron chi connectivity index (χ1n) is 10.5. The lowest BCUT2D eigenvalue weighted by Crippen LogP contribution is -2.46. The van der Waals surface area contributed by atoms with Crippen molar-refractivity contribution < 1.29 is 23.9 Å². The van der Waals surface area contributed by atoms with E-state index < -0.39 is 24.5 Å². The van der Waals surface area contributed by atoms with Crippen LogP contribution in [0, 0.1) is 12.8 Å². The normalized spacial score (nSPS) is 14.5. The molecule has 0 spiro atoms. The molecule has 0 aromatic heterocycles. The smallest absolute Gasteiger partial charge is 0.329 e. The van der Waals surface area contributed by atoms with Gasteiger partial charge in [-0.3, -0.25) is 9.59 Å². The Balaban J connectivity index is 1.58. The molecule has 2 N–H and O–H groups in total. The molecule has 1 fully saturated rings. The quantitative estimate of drug-likeness (QED) is 0.626. The predicted molar refractivity (Wildman–Crippen MR) is 117 cm³/mol. The van der Waals surface area contributed by atoms with Crippen molar-refractivity contribution in [2.24, 2.45) is 5.92 Å². The summed E-state index contributed by atoms with van der Waals surface area (Å²) in [5.74, 6) is -0.187. The molecule has 0 radical (unpaired) electrons. The van der Waals surface area contributed by atoms with Crippen LogP contribution in [-0.2, 0) is 19.1 Å². The van der Waals surface area contributed by atoms with Crippen LogP contribution in [0.15, 0.2) is 48.5 Å². The van der Waals surface area contributed by atoms with Crippen molar-refractivity contribution in [1.82, 2.24) is 5.32 Å². The summed E-state index contributed by atoms with van der Waals surface area (Å²) in [5, 5.41) is 5.39. The van der Waals surface area contributed by atoms with E-state index in [0.717, 1.165) is 31.2 Å². The highest BCUT2D eigenvalue weighted by atomic mass is 16.5. The Labute approximate surface area is 182 Å². The Morgan fingerprint density at radius 2 is 1.71 bits per heavy atom. The Kier molecular flexibility index (Phi) is 7.65. The summed E-state index contributed by atoms with van der Waals surface area (Å²) in [7, 11) is 0. The Morgan fingerprint density at radius 3 is 2.39 bits per heavy atom. The summed E-state index contributed by atoms with van der Waals surface area (Å²) in [6.07, 6.45) is 3.75. The van der Waals surface area contributed by atoms with Crippen LogP contribution in [0.2, 0.25) is 0 Å². The van der Waals surface area contributed by atoms with Gasteiger partial charge in [0.05, 0.1) is 5.69 Å². The van der Waals surface area contributed by atoms with Gasteiger partial charge in [0.15, 0.2) is 12.4 Å². The second-order valence-corrected chi connectivity index (χ2v) is 7.79. The fourth-order valence-corrected chi connectivity index (χ4v) is 3.68. The molecule has 3 rings (SSSR count). The topological polar surface area (TPSA) is 93.7 Å². The van der Waals surface area contributed by atoms with Crippen molar-refractivity contribution in [3.05, 3.63) is 54.1 Å². The predicted octanol–water partition coefficient (Wildman–Crippen LogP) is 3.96. The second kappa shape index (κ2) is 10.6. The maximum Gasteiger partial charge on any atom is 0.329 e. The molecule has 0 heterocycles. The average Bonchev–Trinajstić information content (AvgIpc) is 3.28. The van der Waals surface area contributed by atoms with E-state index in [1.165, 1.54) is 6.92 Å². The molecule has 0 aliphatic heterocycles. The molecule has 7 nitrogen and oxygen atoms in total. The van der Waals surface area contributed by atoms with Gasteiger partial charge >= 0.3 is 5.97 Å². The SMILES string of the molecule is CC(=O)NC(C(=O)OCC(=O)Nc1ccccc1Oc1ccc(C)cc1)C1CCCC1. The number of nitrogens with one attached hydrogen (secondary N) is 2. The molecule has 0 bridgehead atoms. The number of ether oxygens (including phenoxy) is 2. The van der Waals surface area contributed by atoms with Crippen molar-refractivity contribution in [1.29, 1.82) is 0 Å². The van der Waals surface area contributed by atoms with Gasteiger partial charge in [-0.25, -0.2) is 4.79 Å². The van der Waals surface area contributed by atoms with Crippen LogP contribution in [0.4, 0.5) is 5.69 Å². The lowest BCUT2D eigenvalue weighted by atomic mass is 9.98. The number of rotatable bonds is 8. The maximum atomic E-state index is 12.5. The van der Waals surface area contributed by atoms with E-state index in [4.69, 9.17) is 9.47 Å². The molecule has 1 atom stereocenters. The zero-order chi connectivity index (χ0) is 22.2. The Hall–Kier alpha value is -3.35. The van der Waals surface area contributed by atoms with Gasteiger partial charge in [-0.2, -0.15) is 0 Å². The number of benzene rings is 2. The van der Waals surface area contributed by atoms with E-state index in [1.54, 1.807) is 24.3 Å². The van der Waals surface area contributed by atoms with Crippen LogP contribution in [-0.4, -0.2) is 30.4 Å². The number of anilines is 1. The molecule has 2 amide bonds. The van der Waals surface area contributed by atoms with Crippen LogP contribution < -0.4 is 15.4 Å². The number of aryl methyl sites for hydroxylation is 1. The summed E-state index contributed by atoms with van der Waals surface area (Å²) < 4.78 is 11.1. The molecule has 2 aromatic rings. The van der Waals surface area contributed by atoms with Gasteiger partial charge in [-0.1, -0.05) is 42.7 Å². The number of amides is 2. The number of hydrogen-bond donors (Lipinski definition) is 2. The van der Waals surface area contributed by atoms with Gasteiger partial charge in [0.1, 0.15) is 11.8 Å². The minimum atomic E-state index is -0.718. The Bertz CT molecular complexity index is 920. The van der Waals surface area contributed by atoms with Crippen LogP contribution in [0.1, 0.15) is 38.2 Å². The third kappa shape index (κ3) is 6.57. The zero-order valence-electron chi connectivity index (χ0n) is 17.9. The summed E-state index contributed by atoms with van der Waals surface area (Å²) in [6, 6.07) is 13.9. The standard InChI is InChI=1S/C24H28N2O5/c1-16-11-13-19(14-12-16)31-21-10-6-5-9-20(21)26-22(28)15-30-24(29)23(25-17(2)27)18-7-3-4-8-18/h5-6,9-14,18,23H,3-4,7-8,15H2,1-2H3,(H,25,27)(H,26,28). The van der Waals surface area contributed by atoms with Gasteiger partial charge in [-0.05, 0) is 49.9 Å². The first kappa shape index (κ1) is 22.3. The van der Waals surface area contributed by atoms with Gasteiger partial charge < -0.3 is 20.1 Å². The van der Waals surface area contributed by atoms with E-state index in [1.807, 2.05) is 31.2 Å². The highest BCUT2D eigenvalue weighted by Crippen LogP contribution is 2.30. The Morgan fingerprint density at radius 1 is 1.03 bits per heavy atom. The first-order valence-corrected chi connectivity index (χ1v) is 10.5. The van der Waals surface area contributed by atoms with Crippen LogP contribution in [0.25, 0.3) is 0 Å². The van der Waals surface area contributed by atoms with Crippen LogP contribution in [0.5, 0.6) is 11.5 Å². The molecule has 0 saturated heterocycles. The van der Waals surface area contributed by atoms with E-state index in [2.05, 4.69) is 10.6 Å². The lowest BCUT2D eigenvalue weighted by molar-refractivity contribution is -0.152. The number of para-hydroxylation sites is 2. The fraction of sp³-hybridized carbons (Fsp3) is 0.375. The highest BCUT2D eigenvalue weighted by molar-refractivity contribution is 5.94. The fourth-order valence-electron chi connectivity index (χ4n) is 3.68. The number of carbonyl (C=O) groups excluding carboxylic acids is 3. The van der Waals surface area contributed by atoms with Gasteiger partial charge in [0.25, 0.3) is 5.91 Å². The third-order valence-electron chi connectivity index (χ3n) is 5.24. The maximum absolute atomic E-state index is 12.5. The molecular formula is C24H28N2O5. The summed E-state index contributed by atoms with van der Waals surface area (Å²) in [6.45, 7) is 2.91. The van der Waals surface area contributed by atoms with E-state index in [0.29, 0.717) is 17.2 Å². The van der Waals surface area contributed by atoms with Crippen LogP contribution >= 0.6 is 0 Å². The molecule has 164 valence electrons. The second-order valence-electron chi connectivity index (χ2n) is 7.79. The number of hydrogen-bond acceptors (Lipinski definition) is 5. The minimum Gasteiger partial charge on any atom is -0.455 e. The summed E-state index contributed by atoms with van der Waals surface area (Å²) in [4.78, 5) is 36.4. The third-order valence-corrected chi connectivity index (χ3v) is 5.24. The monoisotopic (exact) mass is 424 g/mol. The summed E-state index contributed by atoms with van der Waals surface area (Å²) in [5.41, 5.74) is 1.59. The molecule has 7 heteroatoms. The number of esters is 1. The van der Waals surface area contributed by atoms with Gasteiger partial charge in [0.2, 0.25) is 5.91 Å². The first-order chi connectivity index (χ1) is 14.9. The number of carbonyl (C=O) groups is 3. The molecule has 2 aromatic carbocycles. The van der Waals surface area contributed by atoms with E-state index in [9.17, 15) is 14.4 Å². The van der Waals surface area contributed by atoms with Crippen molar-refractivity contribution in [2.75, 3.05) is 11.9 Å². The zero-order valence-corrected chi connectivity index (χ0v) is 17.9. The highest BCUT2D eigenvalue weighted by Gasteiger charge is 2.32. The van der Waals surface area contributed by atoms with Crippen molar-refractivity contribution in [3.8, 4) is 11.5 Å². The molecular weight excluding hydrogens is 396 g/mol. The largest absolute Gasteiger partial charge is 0.455 e. The lowest BCUT2D eigenvalue weighted by Gasteiger charge is -2.22. The average molecular weight is 424 g/mol. The van der Waals surface area contributed by atoms with E-state index in [-0.39, 0.29) is 11.8 Å². The molecule has 1 aliphatic rings. The molecule has 1 saturated carbocycles. The molecule has 1 aliphatic carbocycles. The summed E-state index contributed by atoms with van der Waals surface area (Å²) >= 11 is 0. The minimum absolute atomic E-state index is 0.0445. The van der Waals surface area contributed by atoms with Crippen molar-refractivity contribution in [3.63, 3.8) is 0 Å². The van der Waals surface area contributed by atoms with E-state index >= 15 is 0 Å². The molecule has 1 unspecified atom stereocenters. The van der Waals surface area contributed by atoms with Crippen LogP contribution in [0.3, 0.4) is 0 Å². The van der Waals surface area contributed by atoms with Gasteiger partial charge in [0, 0.05) is 6.92 Å². The molecule has 31 heavy (non-hydrogen) atoms.